The van der Waals surface area contributed by atoms with Crippen molar-refractivity contribution >= 4 is 28.4 Å². The summed E-state index contributed by atoms with van der Waals surface area (Å²) in [5.74, 6) is 1.68. The Morgan fingerprint density at radius 3 is 2.33 bits per heavy atom. The van der Waals surface area contributed by atoms with Crippen LogP contribution in [0.3, 0.4) is 0 Å². The smallest absolute Gasteiger partial charge is 0.407 e. The molecule has 2 N–H and O–H groups in total. The third-order valence-electron chi connectivity index (χ3n) is 4.97. The van der Waals surface area contributed by atoms with Crippen LogP contribution in [0.5, 0.6) is 11.5 Å². The van der Waals surface area contributed by atoms with Gasteiger partial charge in [0.25, 0.3) is 0 Å². The van der Waals surface area contributed by atoms with Crippen LogP contribution in [-0.2, 0) is 27.2 Å². The molecule has 226 valence electrons. The number of aliphatic hydroxyl groups excluding tert-OH is 1. The van der Waals surface area contributed by atoms with Crippen LogP contribution in [0, 0.1) is 0 Å². The summed E-state index contributed by atoms with van der Waals surface area (Å²) in [4.78, 5) is 23.1. The van der Waals surface area contributed by atoms with Crippen LogP contribution in [0.25, 0.3) is 0 Å². The largest absolute Gasteiger partial charge is 0.493 e. The molecule has 2 aliphatic rings. The number of fused-ring (bicyclic) bond motifs is 1. The van der Waals surface area contributed by atoms with Crippen LogP contribution in [-0.4, -0.2) is 74.7 Å². The van der Waals surface area contributed by atoms with Gasteiger partial charge in [-0.05, 0) is 68.6 Å². The van der Waals surface area contributed by atoms with E-state index in [2.05, 4.69) is 21.2 Å². The van der Waals surface area contributed by atoms with E-state index in [0.29, 0.717) is 32.9 Å². The molecule has 39 heavy (non-hydrogen) atoms. The number of ether oxygens (including phenoxy) is 4. The van der Waals surface area contributed by atoms with E-state index in [1.165, 1.54) is 19.3 Å². The molecule has 1 atom stereocenters. The predicted molar refractivity (Wildman–Crippen MR) is 159 cm³/mol. The van der Waals surface area contributed by atoms with Crippen molar-refractivity contribution in [2.24, 2.45) is 0 Å². The van der Waals surface area contributed by atoms with E-state index < -0.39 is 0 Å². The molecule has 1 saturated carbocycles. The second-order valence-corrected chi connectivity index (χ2v) is 11.1. The summed E-state index contributed by atoms with van der Waals surface area (Å²) in [6.45, 7) is 14.1. The lowest BCUT2D eigenvalue weighted by Crippen LogP contribution is -2.32. The standard InChI is InChI=1S/C15H20BrNO4.C7H15NO2.C4H10O.C3H6/c1-17(10-18)9-11-8-13(20-6-3-5-19-2)12-4-7-21-15(12)14(11)16;1-5-8-6(9)10-7(2,3)4;1-3-4(2)5;1-2-3-1/h8,10H,3-7,9H2,1-2H3;5H2,1-4H3,(H,8,9);4-5H,3H2,1-2H3;1-3H2. The highest BCUT2D eigenvalue weighted by Gasteiger charge is 2.23. The van der Waals surface area contributed by atoms with Crippen molar-refractivity contribution in [1.82, 2.24) is 10.2 Å². The number of benzene rings is 1. The van der Waals surface area contributed by atoms with Crippen LogP contribution in [0.1, 0.15) is 84.8 Å². The molecule has 9 nitrogen and oxygen atoms in total. The van der Waals surface area contributed by atoms with Crippen molar-refractivity contribution in [1.29, 1.82) is 0 Å². The molecule has 1 aliphatic carbocycles. The molecule has 0 aromatic heterocycles. The number of rotatable bonds is 10. The van der Waals surface area contributed by atoms with Crippen LogP contribution in [0.2, 0.25) is 0 Å². The maximum Gasteiger partial charge on any atom is 0.407 e. The third-order valence-corrected chi connectivity index (χ3v) is 5.84. The number of carbonyl (C=O) groups excluding carboxylic acids is 2. The van der Waals surface area contributed by atoms with Gasteiger partial charge in [0.05, 0.1) is 23.8 Å². The van der Waals surface area contributed by atoms with Gasteiger partial charge < -0.3 is 34.3 Å². The normalized spacial score (nSPS) is 13.4. The second kappa shape index (κ2) is 20.8. The average molecular weight is 620 g/mol. The first kappa shape index (κ1) is 37.0. The number of aliphatic hydroxyl groups is 1. The number of carbonyl (C=O) groups is 2. The maximum atomic E-state index is 10.8. The van der Waals surface area contributed by atoms with Crippen LogP contribution in [0.15, 0.2) is 10.5 Å². The topological polar surface area (TPSA) is 107 Å². The van der Waals surface area contributed by atoms with Gasteiger partial charge in [0.15, 0.2) is 0 Å². The van der Waals surface area contributed by atoms with Gasteiger partial charge in [-0.15, -0.1) is 0 Å². The van der Waals surface area contributed by atoms with Gasteiger partial charge in [-0.3, -0.25) is 4.79 Å². The molecule has 1 aromatic carbocycles. The van der Waals surface area contributed by atoms with Gasteiger partial charge >= 0.3 is 6.09 Å². The zero-order valence-corrected chi connectivity index (χ0v) is 26.8. The number of hydrogen-bond donors (Lipinski definition) is 2. The van der Waals surface area contributed by atoms with E-state index in [9.17, 15) is 9.59 Å². The minimum atomic E-state index is -0.390. The van der Waals surface area contributed by atoms with Crippen LogP contribution >= 0.6 is 15.9 Å². The molecular formula is C29H51BrN2O7. The number of nitrogens with one attached hydrogen (secondary N) is 1. The Kier molecular flexibility index (Phi) is 19.7. The first-order chi connectivity index (χ1) is 18.4. The molecule has 0 radical (unpaired) electrons. The number of alkyl carbamates (subject to hydrolysis) is 1. The lowest BCUT2D eigenvalue weighted by Gasteiger charge is -2.19. The molecule has 1 fully saturated rings. The molecule has 3 rings (SSSR count). The fraction of sp³-hybridized carbons (Fsp3) is 0.724. The molecule has 0 spiro atoms. The molecule has 10 heteroatoms. The highest BCUT2D eigenvalue weighted by atomic mass is 79.9. The van der Waals surface area contributed by atoms with Gasteiger partial charge in [-0.2, -0.15) is 0 Å². The SMILES string of the molecule is C1CC1.CCC(C)O.CCNC(=O)OC(C)(C)C.COCCCOc1cc(CN(C)C=O)c(Br)c2c1CCO2. The summed E-state index contributed by atoms with van der Waals surface area (Å²) in [6.07, 6.45) is 7.38. The number of methoxy groups -OCH3 is 1. The fourth-order valence-electron chi connectivity index (χ4n) is 2.73. The third kappa shape index (κ3) is 18.8. The minimum Gasteiger partial charge on any atom is -0.493 e. The summed E-state index contributed by atoms with van der Waals surface area (Å²) in [5, 5.41) is 10.9. The fourth-order valence-corrected chi connectivity index (χ4v) is 3.33. The van der Waals surface area contributed by atoms with Gasteiger partial charge in [0.2, 0.25) is 6.41 Å². The van der Waals surface area contributed by atoms with Gasteiger partial charge in [-0.25, -0.2) is 4.79 Å². The van der Waals surface area contributed by atoms with E-state index >= 15 is 0 Å². The zero-order chi connectivity index (χ0) is 29.8. The minimum absolute atomic E-state index is 0.116. The molecule has 1 aromatic rings. The molecule has 1 heterocycles. The zero-order valence-electron chi connectivity index (χ0n) is 25.2. The Bertz CT molecular complexity index is 824. The Morgan fingerprint density at radius 2 is 1.87 bits per heavy atom. The Hall–Kier alpha value is -2.04. The summed E-state index contributed by atoms with van der Waals surface area (Å²) >= 11 is 3.57. The first-order valence-corrected chi connectivity index (χ1v) is 14.6. The second-order valence-electron chi connectivity index (χ2n) is 10.3. The highest BCUT2D eigenvalue weighted by Crippen LogP contribution is 2.42. The number of hydrogen-bond acceptors (Lipinski definition) is 7. The quantitative estimate of drug-likeness (QED) is 0.249. The van der Waals surface area contributed by atoms with Gasteiger partial charge in [-0.1, -0.05) is 26.2 Å². The average Bonchev–Trinajstić information content (AvgIpc) is 3.67. The van der Waals surface area contributed by atoms with Crippen molar-refractivity contribution in [2.75, 3.05) is 40.5 Å². The number of halogens is 1. The van der Waals surface area contributed by atoms with Crippen molar-refractivity contribution < 1.29 is 33.6 Å². The highest BCUT2D eigenvalue weighted by molar-refractivity contribution is 9.10. The van der Waals surface area contributed by atoms with Crippen molar-refractivity contribution in [3.8, 4) is 11.5 Å². The number of nitrogens with zero attached hydrogens (tertiary/aromatic N) is 1. The summed E-state index contributed by atoms with van der Waals surface area (Å²) in [6, 6.07) is 1.99. The van der Waals surface area contributed by atoms with E-state index in [1.807, 2.05) is 40.7 Å². The molecular weight excluding hydrogens is 568 g/mol. The lowest BCUT2D eigenvalue weighted by molar-refractivity contribution is -0.117. The molecule has 0 saturated heterocycles. The van der Waals surface area contributed by atoms with Gasteiger partial charge in [0, 0.05) is 52.3 Å². The Morgan fingerprint density at radius 1 is 1.26 bits per heavy atom. The van der Waals surface area contributed by atoms with Crippen LogP contribution < -0.4 is 14.8 Å². The lowest BCUT2D eigenvalue weighted by atomic mass is 10.1. The first-order valence-electron chi connectivity index (χ1n) is 13.8. The van der Waals surface area contributed by atoms with Crippen molar-refractivity contribution in [3.63, 3.8) is 0 Å². The molecule has 1 aliphatic heterocycles. The van der Waals surface area contributed by atoms with Crippen LogP contribution in [0.4, 0.5) is 4.79 Å². The van der Waals surface area contributed by atoms with Gasteiger partial charge in [0.1, 0.15) is 17.1 Å². The maximum absolute atomic E-state index is 10.8. The summed E-state index contributed by atoms with van der Waals surface area (Å²) in [7, 11) is 3.42. The van der Waals surface area contributed by atoms with Crippen molar-refractivity contribution in [2.45, 2.75) is 98.3 Å². The molecule has 1 unspecified atom stereocenters. The van der Waals surface area contributed by atoms with E-state index in [4.69, 9.17) is 24.1 Å². The predicted octanol–water partition coefficient (Wildman–Crippen LogP) is 5.87. The Balaban J connectivity index is 0.000000659. The summed E-state index contributed by atoms with van der Waals surface area (Å²) in [5.41, 5.74) is 1.68. The van der Waals surface area contributed by atoms with E-state index in [-0.39, 0.29) is 17.8 Å². The summed E-state index contributed by atoms with van der Waals surface area (Å²) < 4.78 is 22.4. The molecule has 2 amide bonds. The van der Waals surface area contributed by atoms with E-state index in [1.54, 1.807) is 26.0 Å². The van der Waals surface area contributed by atoms with Crippen molar-refractivity contribution in [3.05, 3.63) is 21.7 Å². The Labute approximate surface area is 244 Å². The molecule has 0 bridgehead atoms. The monoisotopic (exact) mass is 618 g/mol. The number of amides is 2. The van der Waals surface area contributed by atoms with E-state index in [0.717, 1.165) is 52.8 Å².